The fraction of sp³-hybridized carbons (Fsp3) is 0.412. The Kier molecular flexibility index (Phi) is 5.31. The van der Waals surface area contributed by atoms with Crippen LogP contribution in [0.25, 0.3) is 0 Å². The zero-order valence-electron chi connectivity index (χ0n) is 14.0. The monoisotopic (exact) mass is 366 g/mol. The van der Waals surface area contributed by atoms with Gasteiger partial charge in [0, 0.05) is 38.0 Å². The number of sulfonamides is 1. The van der Waals surface area contributed by atoms with E-state index in [0.29, 0.717) is 24.7 Å². The van der Waals surface area contributed by atoms with Crippen LogP contribution in [0.15, 0.2) is 41.4 Å². The molecule has 0 aliphatic carbocycles. The Morgan fingerprint density at radius 2 is 2.00 bits per heavy atom. The molecule has 7 nitrogen and oxygen atoms in total. The lowest BCUT2D eigenvalue weighted by atomic mass is 10.2. The molecular weight excluding hydrogens is 344 g/mol. The van der Waals surface area contributed by atoms with Gasteiger partial charge in [0.1, 0.15) is 0 Å². The Labute approximate surface area is 147 Å². The van der Waals surface area contributed by atoms with Gasteiger partial charge in [-0.05, 0) is 30.7 Å². The second-order valence-electron chi connectivity index (χ2n) is 5.91. The Balaban J connectivity index is 1.64. The molecule has 1 aromatic carbocycles. The molecule has 1 aliphatic heterocycles. The van der Waals surface area contributed by atoms with Crippen LogP contribution in [0.4, 0.5) is 0 Å². The highest BCUT2D eigenvalue weighted by molar-refractivity contribution is 7.89. The molecule has 2 heterocycles. The van der Waals surface area contributed by atoms with Crippen molar-refractivity contribution >= 4 is 10.0 Å². The van der Waals surface area contributed by atoms with Gasteiger partial charge in [-0.15, -0.1) is 0 Å². The summed E-state index contributed by atoms with van der Waals surface area (Å²) < 4.78 is 40.2. The number of nitrogens with zero attached hydrogens (tertiary/aromatic N) is 1. The van der Waals surface area contributed by atoms with Gasteiger partial charge in [-0.2, -0.15) is 0 Å². The first-order valence-electron chi connectivity index (χ1n) is 8.16. The molecule has 0 spiro atoms. The molecule has 136 valence electrons. The van der Waals surface area contributed by atoms with Gasteiger partial charge >= 0.3 is 0 Å². The minimum Gasteiger partial charge on any atom is -0.490 e. The predicted octanol–water partition coefficient (Wildman–Crippen LogP) is 1.59. The fourth-order valence-corrected chi connectivity index (χ4v) is 3.76. The highest BCUT2D eigenvalue weighted by Crippen LogP contribution is 2.31. The first kappa shape index (κ1) is 17.8. The maximum Gasteiger partial charge on any atom is 0.240 e. The largest absolute Gasteiger partial charge is 0.490 e. The normalized spacial score (nSPS) is 15.6. The SMILES string of the molecule is Cn1cccc1C(O)CCNS(=O)(=O)c1ccc2c(c1)OCCCO2. The van der Waals surface area contributed by atoms with Crippen molar-refractivity contribution < 1.29 is 23.0 Å². The van der Waals surface area contributed by atoms with Gasteiger partial charge in [-0.1, -0.05) is 0 Å². The molecule has 2 N–H and O–H groups in total. The van der Waals surface area contributed by atoms with Gasteiger partial charge < -0.3 is 19.1 Å². The van der Waals surface area contributed by atoms with E-state index in [9.17, 15) is 13.5 Å². The van der Waals surface area contributed by atoms with Gasteiger partial charge in [0.2, 0.25) is 10.0 Å². The third-order valence-corrected chi connectivity index (χ3v) is 5.52. The fourth-order valence-electron chi connectivity index (χ4n) is 2.69. The third-order valence-electron chi connectivity index (χ3n) is 4.06. The average molecular weight is 366 g/mol. The van der Waals surface area contributed by atoms with Gasteiger partial charge in [-0.3, -0.25) is 0 Å². The zero-order chi connectivity index (χ0) is 17.9. The lowest BCUT2D eigenvalue weighted by Crippen LogP contribution is -2.26. The summed E-state index contributed by atoms with van der Waals surface area (Å²) in [5.74, 6) is 0.986. The molecule has 0 radical (unpaired) electrons. The van der Waals surface area contributed by atoms with E-state index < -0.39 is 16.1 Å². The van der Waals surface area contributed by atoms with E-state index in [0.717, 1.165) is 12.1 Å². The summed E-state index contributed by atoms with van der Waals surface area (Å²) in [5.41, 5.74) is 0.745. The molecule has 0 saturated heterocycles. The Bertz CT molecular complexity index is 831. The average Bonchev–Trinajstić information content (AvgIpc) is 2.87. The van der Waals surface area contributed by atoms with Gasteiger partial charge in [-0.25, -0.2) is 13.1 Å². The third kappa shape index (κ3) is 4.15. The van der Waals surface area contributed by atoms with Crippen molar-refractivity contribution in [3.8, 4) is 11.5 Å². The number of aliphatic hydroxyl groups is 1. The molecule has 8 heteroatoms. The number of nitrogens with one attached hydrogen (secondary N) is 1. The second kappa shape index (κ2) is 7.47. The summed E-state index contributed by atoms with van der Waals surface area (Å²) in [7, 11) is -1.85. The predicted molar refractivity (Wildman–Crippen MR) is 92.2 cm³/mol. The Hall–Kier alpha value is -2.03. The number of fused-ring (bicyclic) bond motifs is 1. The number of aromatic nitrogens is 1. The minimum atomic E-state index is -3.68. The summed E-state index contributed by atoms with van der Waals surface area (Å²) in [6.07, 6.45) is 2.14. The van der Waals surface area contributed by atoms with Crippen LogP contribution in [-0.4, -0.2) is 37.8 Å². The molecule has 1 unspecified atom stereocenters. The summed E-state index contributed by atoms with van der Waals surface area (Å²) in [6.45, 7) is 1.17. The number of aryl methyl sites for hydroxylation is 1. The first-order valence-corrected chi connectivity index (χ1v) is 9.64. The van der Waals surface area contributed by atoms with Crippen LogP contribution in [0.2, 0.25) is 0 Å². The second-order valence-corrected chi connectivity index (χ2v) is 7.67. The van der Waals surface area contributed by atoms with Crippen molar-refractivity contribution in [2.45, 2.75) is 23.8 Å². The van der Waals surface area contributed by atoms with Crippen molar-refractivity contribution in [2.75, 3.05) is 19.8 Å². The lowest BCUT2D eigenvalue weighted by molar-refractivity contribution is 0.161. The number of benzene rings is 1. The van der Waals surface area contributed by atoms with Gasteiger partial charge in [0.05, 0.1) is 24.2 Å². The number of hydrogen-bond donors (Lipinski definition) is 2. The Morgan fingerprint density at radius 1 is 1.24 bits per heavy atom. The molecule has 1 atom stereocenters. The summed E-state index contributed by atoms with van der Waals surface area (Å²) >= 11 is 0. The molecule has 0 bridgehead atoms. The minimum absolute atomic E-state index is 0.116. The highest BCUT2D eigenvalue weighted by atomic mass is 32.2. The van der Waals surface area contributed by atoms with Crippen molar-refractivity contribution in [2.24, 2.45) is 7.05 Å². The van der Waals surface area contributed by atoms with E-state index in [1.807, 2.05) is 29.9 Å². The van der Waals surface area contributed by atoms with Crippen LogP contribution in [0.1, 0.15) is 24.6 Å². The first-order chi connectivity index (χ1) is 12.0. The molecule has 2 aromatic rings. The van der Waals surface area contributed by atoms with Crippen LogP contribution in [0.5, 0.6) is 11.5 Å². The summed E-state index contributed by atoms with van der Waals surface area (Å²) in [6, 6.07) is 8.21. The van der Waals surface area contributed by atoms with E-state index in [4.69, 9.17) is 9.47 Å². The standard InChI is InChI=1S/C17H22N2O5S/c1-19-9-2-4-14(19)15(20)7-8-18-25(21,22)13-5-6-16-17(12-13)24-11-3-10-23-16/h2,4-6,9,12,15,18,20H,3,7-8,10-11H2,1H3. The lowest BCUT2D eigenvalue weighted by Gasteiger charge is -2.13. The van der Waals surface area contributed by atoms with Crippen LogP contribution in [-0.2, 0) is 17.1 Å². The number of rotatable bonds is 6. The quantitative estimate of drug-likeness (QED) is 0.810. The topological polar surface area (TPSA) is 89.8 Å². The van der Waals surface area contributed by atoms with Crippen LogP contribution < -0.4 is 14.2 Å². The van der Waals surface area contributed by atoms with Crippen LogP contribution in [0.3, 0.4) is 0 Å². The number of hydrogen-bond acceptors (Lipinski definition) is 5. The van der Waals surface area contributed by atoms with Crippen LogP contribution in [0, 0.1) is 0 Å². The molecule has 3 rings (SSSR count). The zero-order valence-corrected chi connectivity index (χ0v) is 14.8. The van der Waals surface area contributed by atoms with Crippen LogP contribution >= 0.6 is 0 Å². The molecular formula is C17H22N2O5S. The van der Waals surface area contributed by atoms with E-state index >= 15 is 0 Å². The van der Waals surface area contributed by atoms with Crippen molar-refractivity contribution in [3.05, 3.63) is 42.2 Å². The number of ether oxygens (including phenoxy) is 2. The van der Waals surface area contributed by atoms with E-state index in [1.54, 1.807) is 6.07 Å². The molecule has 1 aliphatic rings. The maximum atomic E-state index is 12.4. The maximum absolute atomic E-state index is 12.4. The molecule has 0 amide bonds. The van der Waals surface area contributed by atoms with E-state index in [-0.39, 0.29) is 17.9 Å². The van der Waals surface area contributed by atoms with Gasteiger partial charge in [0.15, 0.2) is 11.5 Å². The molecule has 0 fully saturated rings. The number of aliphatic hydroxyl groups excluding tert-OH is 1. The molecule has 1 aromatic heterocycles. The highest BCUT2D eigenvalue weighted by Gasteiger charge is 2.19. The summed E-state index contributed by atoms with van der Waals surface area (Å²) in [4.78, 5) is 0.116. The van der Waals surface area contributed by atoms with Gasteiger partial charge in [0.25, 0.3) is 0 Å². The van der Waals surface area contributed by atoms with Crippen molar-refractivity contribution in [3.63, 3.8) is 0 Å². The Morgan fingerprint density at radius 3 is 2.72 bits per heavy atom. The molecule has 25 heavy (non-hydrogen) atoms. The molecule has 0 saturated carbocycles. The van der Waals surface area contributed by atoms with E-state index in [1.165, 1.54) is 12.1 Å². The summed E-state index contributed by atoms with van der Waals surface area (Å²) in [5, 5.41) is 10.2. The smallest absolute Gasteiger partial charge is 0.240 e. The van der Waals surface area contributed by atoms with E-state index in [2.05, 4.69) is 4.72 Å². The van der Waals surface area contributed by atoms with Crippen molar-refractivity contribution in [1.29, 1.82) is 0 Å². The van der Waals surface area contributed by atoms with Crippen molar-refractivity contribution in [1.82, 2.24) is 9.29 Å².